The van der Waals surface area contributed by atoms with Crippen molar-refractivity contribution in [2.24, 2.45) is 4.99 Å². The van der Waals surface area contributed by atoms with E-state index in [1.54, 1.807) is 39.5 Å². The van der Waals surface area contributed by atoms with Gasteiger partial charge in [0.2, 0.25) is 0 Å². The summed E-state index contributed by atoms with van der Waals surface area (Å²) in [6.45, 7) is 2.01. The van der Waals surface area contributed by atoms with E-state index in [-0.39, 0.29) is 5.91 Å². The molecule has 0 unspecified atom stereocenters. The number of ether oxygens (including phenoxy) is 3. The van der Waals surface area contributed by atoms with Gasteiger partial charge in [0.1, 0.15) is 5.75 Å². The van der Waals surface area contributed by atoms with Crippen LogP contribution in [-0.4, -0.2) is 32.4 Å². The van der Waals surface area contributed by atoms with Crippen LogP contribution in [0.2, 0.25) is 0 Å². The second-order valence-corrected chi connectivity index (χ2v) is 6.80. The summed E-state index contributed by atoms with van der Waals surface area (Å²) in [5, 5.41) is 3.32. The molecule has 1 saturated heterocycles. The van der Waals surface area contributed by atoms with Gasteiger partial charge in [0, 0.05) is 11.6 Å². The van der Waals surface area contributed by atoms with Crippen molar-refractivity contribution in [3.05, 3.63) is 52.4 Å². The zero-order chi connectivity index (χ0) is 19.4. The number of amides is 1. The number of hydrogen-bond donors (Lipinski definition) is 1. The molecule has 0 bridgehead atoms. The van der Waals surface area contributed by atoms with E-state index in [1.807, 2.05) is 31.2 Å². The Balaban J connectivity index is 1.91. The fourth-order valence-electron chi connectivity index (χ4n) is 2.52. The second-order valence-electron chi connectivity index (χ2n) is 5.77. The molecule has 0 aliphatic carbocycles. The Bertz CT molecular complexity index is 920. The summed E-state index contributed by atoms with van der Waals surface area (Å²) in [6, 6.07) is 11.3. The van der Waals surface area contributed by atoms with E-state index >= 15 is 0 Å². The number of aliphatic imine (C=N–C) groups is 1. The summed E-state index contributed by atoms with van der Waals surface area (Å²) in [4.78, 5) is 17.3. The number of nitrogens with one attached hydrogen (secondary N) is 1. The normalized spacial score (nSPS) is 16.5. The maximum absolute atomic E-state index is 12.3. The first kappa shape index (κ1) is 18.8. The minimum atomic E-state index is -0.206. The Morgan fingerprint density at radius 2 is 1.59 bits per heavy atom. The fourth-order valence-corrected chi connectivity index (χ4v) is 3.36. The summed E-state index contributed by atoms with van der Waals surface area (Å²) in [5.74, 6) is 1.49. The van der Waals surface area contributed by atoms with E-state index in [0.29, 0.717) is 32.9 Å². The van der Waals surface area contributed by atoms with Gasteiger partial charge in [-0.05, 0) is 43.0 Å². The number of benzene rings is 2. The molecule has 0 aromatic heterocycles. The smallest absolute Gasteiger partial charge is 0.264 e. The van der Waals surface area contributed by atoms with E-state index in [9.17, 15) is 4.79 Å². The lowest BCUT2D eigenvalue weighted by Gasteiger charge is -2.12. The molecule has 1 N–H and O–H groups in total. The Labute approximate surface area is 162 Å². The monoisotopic (exact) mass is 384 g/mol. The van der Waals surface area contributed by atoms with E-state index in [4.69, 9.17) is 14.2 Å². The molecule has 140 valence electrons. The first-order valence-electron chi connectivity index (χ1n) is 8.20. The van der Waals surface area contributed by atoms with Crippen molar-refractivity contribution in [1.82, 2.24) is 5.32 Å². The Hall–Kier alpha value is -2.93. The summed E-state index contributed by atoms with van der Waals surface area (Å²) in [7, 11) is 4.68. The SMILES string of the molecule is COc1cc(OC)c(OC)cc1/C=C1\SC(=Nc2ccc(C)cc2)NC1=O. The topological polar surface area (TPSA) is 69.2 Å². The van der Waals surface area contributed by atoms with Crippen molar-refractivity contribution < 1.29 is 19.0 Å². The third kappa shape index (κ3) is 4.25. The first-order valence-corrected chi connectivity index (χ1v) is 9.02. The number of nitrogens with zero attached hydrogens (tertiary/aromatic N) is 1. The molecule has 1 heterocycles. The van der Waals surface area contributed by atoms with Gasteiger partial charge in [0.15, 0.2) is 16.7 Å². The van der Waals surface area contributed by atoms with Crippen molar-refractivity contribution in [2.75, 3.05) is 21.3 Å². The molecule has 6 nitrogen and oxygen atoms in total. The maximum atomic E-state index is 12.3. The summed E-state index contributed by atoms with van der Waals surface area (Å²) in [6.07, 6.45) is 1.75. The van der Waals surface area contributed by atoms with Gasteiger partial charge in [-0.25, -0.2) is 4.99 Å². The summed E-state index contributed by atoms with van der Waals surface area (Å²) >= 11 is 1.28. The average Bonchev–Trinajstić information content (AvgIpc) is 3.02. The number of hydrogen-bond acceptors (Lipinski definition) is 6. The minimum absolute atomic E-state index is 0.206. The number of amidine groups is 1. The predicted molar refractivity (Wildman–Crippen MR) is 108 cm³/mol. The van der Waals surface area contributed by atoms with Crippen LogP contribution < -0.4 is 19.5 Å². The van der Waals surface area contributed by atoms with Gasteiger partial charge in [-0.3, -0.25) is 4.79 Å². The zero-order valence-electron chi connectivity index (χ0n) is 15.5. The van der Waals surface area contributed by atoms with Gasteiger partial charge in [0.25, 0.3) is 5.91 Å². The molecule has 1 fully saturated rings. The molecule has 27 heavy (non-hydrogen) atoms. The fraction of sp³-hybridized carbons (Fsp3) is 0.200. The molecular weight excluding hydrogens is 364 g/mol. The van der Waals surface area contributed by atoms with E-state index in [1.165, 1.54) is 11.8 Å². The highest BCUT2D eigenvalue weighted by Crippen LogP contribution is 2.37. The lowest BCUT2D eigenvalue weighted by molar-refractivity contribution is -0.115. The van der Waals surface area contributed by atoms with Gasteiger partial charge in [-0.1, -0.05) is 17.7 Å². The van der Waals surface area contributed by atoms with Crippen LogP contribution >= 0.6 is 11.8 Å². The molecule has 7 heteroatoms. The number of aryl methyl sites for hydroxylation is 1. The summed E-state index contributed by atoms with van der Waals surface area (Å²) < 4.78 is 16.0. The van der Waals surface area contributed by atoms with Gasteiger partial charge < -0.3 is 19.5 Å². The molecule has 3 rings (SSSR count). The van der Waals surface area contributed by atoms with Crippen LogP contribution in [0, 0.1) is 6.92 Å². The van der Waals surface area contributed by atoms with Crippen LogP contribution in [-0.2, 0) is 4.79 Å². The Kier molecular flexibility index (Phi) is 5.71. The predicted octanol–water partition coefficient (Wildman–Crippen LogP) is 3.91. The molecule has 1 amide bonds. The number of carbonyl (C=O) groups is 1. The molecule has 0 atom stereocenters. The van der Waals surface area contributed by atoms with Crippen LogP contribution in [0.4, 0.5) is 5.69 Å². The molecular formula is C20H20N2O4S. The molecule has 2 aromatic rings. The molecule has 0 saturated carbocycles. The van der Waals surface area contributed by atoms with Crippen LogP contribution in [0.3, 0.4) is 0 Å². The van der Waals surface area contributed by atoms with Crippen molar-refractivity contribution in [2.45, 2.75) is 6.92 Å². The third-order valence-corrected chi connectivity index (χ3v) is 4.85. The second kappa shape index (κ2) is 8.18. The largest absolute Gasteiger partial charge is 0.496 e. The van der Waals surface area contributed by atoms with Gasteiger partial charge in [0.05, 0.1) is 31.9 Å². The standard InChI is InChI=1S/C20H20N2O4S/c1-12-5-7-14(8-6-12)21-20-22-19(23)18(27-20)10-13-9-16(25-3)17(26-4)11-15(13)24-2/h5-11H,1-4H3,(H,21,22,23)/b18-10-. The van der Waals surface area contributed by atoms with Gasteiger partial charge >= 0.3 is 0 Å². The quantitative estimate of drug-likeness (QED) is 0.792. The van der Waals surface area contributed by atoms with Crippen molar-refractivity contribution in [3.8, 4) is 17.2 Å². The van der Waals surface area contributed by atoms with Crippen LogP contribution in [0.5, 0.6) is 17.2 Å². The number of rotatable bonds is 5. The van der Waals surface area contributed by atoms with Crippen LogP contribution in [0.15, 0.2) is 46.3 Å². The first-order chi connectivity index (χ1) is 13.0. The van der Waals surface area contributed by atoms with Crippen LogP contribution in [0.25, 0.3) is 6.08 Å². The Morgan fingerprint density at radius 3 is 2.22 bits per heavy atom. The lowest BCUT2D eigenvalue weighted by atomic mass is 10.1. The van der Waals surface area contributed by atoms with E-state index < -0.39 is 0 Å². The van der Waals surface area contributed by atoms with E-state index in [2.05, 4.69) is 10.3 Å². The lowest BCUT2D eigenvalue weighted by Crippen LogP contribution is -2.19. The molecule has 2 aromatic carbocycles. The average molecular weight is 384 g/mol. The molecule has 0 radical (unpaired) electrons. The number of methoxy groups -OCH3 is 3. The molecule has 1 aliphatic rings. The highest BCUT2D eigenvalue weighted by Gasteiger charge is 2.24. The van der Waals surface area contributed by atoms with Crippen molar-refractivity contribution >= 4 is 34.6 Å². The summed E-state index contributed by atoms with van der Waals surface area (Å²) in [5.41, 5.74) is 2.65. The van der Waals surface area contributed by atoms with Crippen LogP contribution in [0.1, 0.15) is 11.1 Å². The number of carbonyl (C=O) groups excluding carboxylic acids is 1. The highest BCUT2D eigenvalue weighted by molar-refractivity contribution is 8.18. The van der Waals surface area contributed by atoms with Gasteiger partial charge in [-0.15, -0.1) is 0 Å². The Morgan fingerprint density at radius 1 is 0.963 bits per heavy atom. The van der Waals surface area contributed by atoms with Crippen molar-refractivity contribution in [1.29, 1.82) is 0 Å². The minimum Gasteiger partial charge on any atom is -0.496 e. The zero-order valence-corrected chi connectivity index (χ0v) is 16.3. The van der Waals surface area contributed by atoms with E-state index in [0.717, 1.165) is 11.3 Å². The van der Waals surface area contributed by atoms with Crippen molar-refractivity contribution in [3.63, 3.8) is 0 Å². The molecule has 0 spiro atoms. The van der Waals surface area contributed by atoms with Gasteiger partial charge in [-0.2, -0.15) is 0 Å². The third-order valence-electron chi connectivity index (χ3n) is 3.94. The number of thioether (sulfide) groups is 1. The highest BCUT2D eigenvalue weighted by atomic mass is 32.2. The maximum Gasteiger partial charge on any atom is 0.264 e. The molecule has 1 aliphatic heterocycles.